The van der Waals surface area contributed by atoms with Crippen molar-refractivity contribution < 1.29 is 4.79 Å². The van der Waals surface area contributed by atoms with Gasteiger partial charge >= 0.3 is 0 Å². The number of hydrogen-bond donors (Lipinski definition) is 0. The number of carbonyl (C=O) groups is 1. The Hall–Kier alpha value is -0.820. The summed E-state index contributed by atoms with van der Waals surface area (Å²) in [5, 5.41) is 0.715. The monoisotopic (exact) mass is 264 g/mol. The second-order valence-corrected chi connectivity index (χ2v) is 5.82. The van der Waals surface area contributed by atoms with Gasteiger partial charge in [0.25, 0.3) is 0 Å². The first-order valence-corrected chi connectivity index (χ1v) is 7.38. The average molecular weight is 265 g/mol. The zero-order valence-corrected chi connectivity index (χ0v) is 11.6. The third-order valence-corrected chi connectivity index (χ3v) is 4.08. The summed E-state index contributed by atoms with van der Waals surface area (Å²) in [5.41, 5.74) is 1.04. The van der Waals surface area contributed by atoms with E-state index in [1.807, 2.05) is 24.3 Å². The lowest BCUT2D eigenvalue weighted by Crippen LogP contribution is -2.10. The van der Waals surface area contributed by atoms with Crippen molar-refractivity contribution in [1.82, 2.24) is 0 Å². The fourth-order valence-corrected chi connectivity index (χ4v) is 3.02. The highest BCUT2D eigenvalue weighted by Crippen LogP contribution is 2.27. The van der Waals surface area contributed by atoms with Gasteiger partial charge in [-0.15, -0.1) is 0 Å². The van der Waals surface area contributed by atoms with Crippen LogP contribution in [0.15, 0.2) is 24.3 Å². The normalized spacial score (nSPS) is 16.7. The third-order valence-electron chi connectivity index (χ3n) is 3.85. The van der Waals surface area contributed by atoms with Crippen LogP contribution >= 0.6 is 11.6 Å². The molecule has 0 unspecified atom stereocenters. The lowest BCUT2D eigenvalue weighted by Gasteiger charge is -2.20. The molecule has 0 heterocycles. The van der Waals surface area contributed by atoms with Gasteiger partial charge in [-0.05, 0) is 30.0 Å². The highest BCUT2D eigenvalue weighted by atomic mass is 35.5. The van der Waals surface area contributed by atoms with Crippen molar-refractivity contribution in [3.63, 3.8) is 0 Å². The molecule has 0 aromatic heterocycles. The van der Waals surface area contributed by atoms with E-state index in [-0.39, 0.29) is 0 Å². The Morgan fingerprint density at radius 1 is 1.22 bits per heavy atom. The number of hydrogen-bond acceptors (Lipinski definition) is 1. The predicted octanol–water partition coefficient (Wildman–Crippen LogP) is 4.81. The van der Waals surface area contributed by atoms with Crippen LogP contribution in [0.1, 0.15) is 50.5 Å². The minimum Gasteiger partial charge on any atom is -0.299 e. The number of ketones is 1. The molecule has 1 saturated carbocycles. The van der Waals surface area contributed by atoms with Crippen molar-refractivity contribution in [3.8, 4) is 0 Å². The molecule has 1 aliphatic rings. The Morgan fingerprint density at radius 2 is 2.00 bits per heavy atom. The standard InChI is InChI=1S/C16H21ClO/c17-15-8-4-7-14(11-15)12-16(18)10-9-13-5-2-1-3-6-13/h4,7-8,11,13H,1-3,5-6,9-10,12H2. The van der Waals surface area contributed by atoms with Gasteiger partial charge in [0.05, 0.1) is 0 Å². The van der Waals surface area contributed by atoms with Crippen molar-refractivity contribution in [2.75, 3.05) is 0 Å². The molecule has 1 fully saturated rings. The van der Waals surface area contributed by atoms with Crippen LogP contribution in [0.3, 0.4) is 0 Å². The molecule has 0 saturated heterocycles. The molecule has 0 amide bonds. The summed E-state index contributed by atoms with van der Waals surface area (Å²) in [5.74, 6) is 1.14. The molecule has 0 radical (unpaired) electrons. The van der Waals surface area contributed by atoms with Gasteiger partial charge in [-0.1, -0.05) is 55.8 Å². The Bertz CT molecular complexity index is 394. The number of rotatable bonds is 5. The van der Waals surface area contributed by atoms with Crippen molar-refractivity contribution >= 4 is 17.4 Å². The van der Waals surface area contributed by atoms with E-state index in [1.54, 1.807) is 0 Å². The Kier molecular flexibility index (Phi) is 5.25. The fourth-order valence-electron chi connectivity index (χ4n) is 2.80. The maximum atomic E-state index is 11.9. The van der Waals surface area contributed by atoms with E-state index < -0.39 is 0 Å². The van der Waals surface area contributed by atoms with Crippen LogP contribution in [-0.4, -0.2) is 5.78 Å². The minimum absolute atomic E-state index is 0.350. The summed E-state index contributed by atoms with van der Waals surface area (Å²) >= 11 is 5.92. The number of halogens is 1. The van der Waals surface area contributed by atoms with Crippen LogP contribution < -0.4 is 0 Å². The largest absolute Gasteiger partial charge is 0.299 e. The average Bonchev–Trinajstić information content (AvgIpc) is 2.38. The molecule has 0 N–H and O–H groups in total. The van der Waals surface area contributed by atoms with Crippen LogP contribution in [0.5, 0.6) is 0 Å². The topological polar surface area (TPSA) is 17.1 Å². The second-order valence-electron chi connectivity index (χ2n) is 5.39. The molecule has 0 spiro atoms. The predicted molar refractivity (Wildman–Crippen MR) is 76.0 cm³/mol. The summed E-state index contributed by atoms with van der Waals surface area (Å²) in [7, 11) is 0. The van der Waals surface area contributed by atoms with E-state index in [2.05, 4.69) is 0 Å². The summed E-state index contributed by atoms with van der Waals surface area (Å²) in [6.45, 7) is 0. The lowest BCUT2D eigenvalue weighted by molar-refractivity contribution is -0.118. The van der Waals surface area contributed by atoms with Crippen LogP contribution in [-0.2, 0) is 11.2 Å². The van der Waals surface area contributed by atoms with Gasteiger partial charge in [0.2, 0.25) is 0 Å². The highest BCUT2D eigenvalue weighted by molar-refractivity contribution is 6.30. The smallest absolute Gasteiger partial charge is 0.137 e. The van der Waals surface area contributed by atoms with Gasteiger partial charge < -0.3 is 0 Å². The van der Waals surface area contributed by atoms with E-state index in [0.29, 0.717) is 17.2 Å². The molecule has 2 rings (SSSR count). The summed E-state index contributed by atoms with van der Waals surface area (Å²) in [6, 6.07) is 7.62. The SMILES string of the molecule is O=C(CCC1CCCCC1)Cc1cccc(Cl)c1. The van der Waals surface area contributed by atoms with Gasteiger partial charge in [-0.2, -0.15) is 0 Å². The first-order valence-electron chi connectivity index (χ1n) is 7.00. The molecular formula is C16H21ClO. The summed E-state index contributed by atoms with van der Waals surface area (Å²) < 4.78 is 0. The molecular weight excluding hydrogens is 244 g/mol. The first kappa shape index (κ1) is 13.6. The molecule has 0 aliphatic heterocycles. The highest BCUT2D eigenvalue weighted by Gasteiger charge is 2.14. The summed E-state index contributed by atoms with van der Waals surface area (Å²) in [6.07, 6.45) is 9.09. The van der Waals surface area contributed by atoms with Gasteiger partial charge in [0.15, 0.2) is 0 Å². The molecule has 0 atom stereocenters. The maximum Gasteiger partial charge on any atom is 0.137 e. The molecule has 18 heavy (non-hydrogen) atoms. The van der Waals surface area contributed by atoms with Crippen LogP contribution in [0.2, 0.25) is 5.02 Å². The van der Waals surface area contributed by atoms with Crippen LogP contribution in [0, 0.1) is 5.92 Å². The van der Waals surface area contributed by atoms with Crippen molar-refractivity contribution in [1.29, 1.82) is 0 Å². The lowest BCUT2D eigenvalue weighted by atomic mass is 9.85. The molecule has 2 heteroatoms. The van der Waals surface area contributed by atoms with E-state index >= 15 is 0 Å². The van der Waals surface area contributed by atoms with Gasteiger partial charge in [0, 0.05) is 17.9 Å². The molecule has 1 nitrogen and oxygen atoms in total. The number of Topliss-reactive ketones (excluding diaryl/α,β-unsaturated/α-hetero) is 1. The fraction of sp³-hybridized carbons (Fsp3) is 0.562. The van der Waals surface area contributed by atoms with Crippen molar-refractivity contribution in [2.24, 2.45) is 5.92 Å². The molecule has 98 valence electrons. The van der Waals surface area contributed by atoms with Crippen LogP contribution in [0.25, 0.3) is 0 Å². The molecule has 1 aliphatic carbocycles. The Labute approximate surface area is 115 Å². The zero-order valence-electron chi connectivity index (χ0n) is 10.8. The maximum absolute atomic E-state index is 11.9. The zero-order chi connectivity index (χ0) is 12.8. The minimum atomic E-state index is 0.350. The van der Waals surface area contributed by atoms with E-state index in [0.717, 1.165) is 24.3 Å². The quantitative estimate of drug-likeness (QED) is 0.746. The number of carbonyl (C=O) groups excluding carboxylic acids is 1. The Balaban J connectivity index is 1.74. The molecule has 1 aromatic rings. The van der Waals surface area contributed by atoms with Crippen molar-refractivity contribution in [3.05, 3.63) is 34.9 Å². The van der Waals surface area contributed by atoms with E-state index in [1.165, 1.54) is 32.1 Å². The van der Waals surface area contributed by atoms with E-state index in [4.69, 9.17) is 11.6 Å². The van der Waals surface area contributed by atoms with E-state index in [9.17, 15) is 4.79 Å². The summed E-state index contributed by atoms with van der Waals surface area (Å²) in [4.78, 5) is 11.9. The molecule has 1 aromatic carbocycles. The Morgan fingerprint density at radius 3 is 2.72 bits per heavy atom. The van der Waals surface area contributed by atoms with Crippen molar-refractivity contribution in [2.45, 2.75) is 51.4 Å². The second kappa shape index (κ2) is 6.94. The van der Waals surface area contributed by atoms with Gasteiger partial charge in [0.1, 0.15) is 5.78 Å². The number of benzene rings is 1. The van der Waals surface area contributed by atoms with Gasteiger partial charge in [-0.25, -0.2) is 0 Å². The first-order chi connectivity index (χ1) is 8.74. The third kappa shape index (κ3) is 4.45. The molecule has 0 bridgehead atoms. The van der Waals surface area contributed by atoms with Gasteiger partial charge in [-0.3, -0.25) is 4.79 Å². The van der Waals surface area contributed by atoms with Crippen LogP contribution in [0.4, 0.5) is 0 Å².